The predicted octanol–water partition coefficient (Wildman–Crippen LogP) is 4.07. The van der Waals surface area contributed by atoms with Crippen molar-refractivity contribution in [2.75, 3.05) is 5.32 Å². The van der Waals surface area contributed by atoms with Gasteiger partial charge in [-0.05, 0) is 54.3 Å². The predicted molar refractivity (Wildman–Crippen MR) is 130 cm³/mol. The van der Waals surface area contributed by atoms with Crippen molar-refractivity contribution in [3.05, 3.63) is 119 Å². The van der Waals surface area contributed by atoms with E-state index in [2.05, 4.69) is 10.3 Å². The molecule has 1 aliphatic rings. The minimum atomic E-state index is -0.726. The summed E-state index contributed by atoms with van der Waals surface area (Å²) in [5.74, 6) is -0.746. The summed E-state index contributed by atoms with van der Waals surface area (Å²) >= 11 is 2.81. The molecule has 3 heterocycles. The van der Waals surface area contributed by atoms with Crippen molar-refractivity contribution in [1.82, 2.24) is 4.57 Å². The molecule has 0 saturated heterocycles. The van der Waals surface area contributed by atoms with E-state index < -0.39 is 6.04 Å². The van der Waals surface area contributed by atoms with Crippen molar-refractivity contribution < 1.29 is 9.18 Å². The molecule has 2 aromatic heterocycles. The number of allylic oxidation sites excluding steroid dienone is 1. The molecule has 0 bridgehead atoms. The van der Waals surface area contributed by atoms with Gasteiger partial charge in [0.1, 0.15) is 5.82 Å². The van der Waals surface area contributed by atoms with Gasteiger partial charge in [-0.1, -0.05) is 47.7 Å². The Kier molecular flexibility index (Phi) is 5.62. The van der Waals surface area contributed by atoms with Gasteiger partial charge in [0, 0.05) is 10.6 Å². The van der Waals surface area contributed by atoms with Gasteiger partial charge in [-0.2, -0.15) is 0 Å². The van der Waals surface area contributed by atoms with E-state index in [9.17, 15) is 14.0 Å². The van der Waals surface area contributed by atoms with Crippen LogP contribution in [0.15, 0.2) is 93.2 Å². The lowest BCUT2D eigenvalue weighted by molar-refractivity contribution is -0.113. The van der Waals surface area contributed by atoms with Crippen LogP contribution >= 0.6 is 22.7 Å². The Hall–Kier alpha value is -3.62. The number of nitrogens with zero attached hydrogens (tertiary/aromatic N) is 2. The fourth-order valence-corrected chi connectivity index (χ4v) is 5.56. The van der Waals surface area contributed by atoms with Gasteiger partial charge in [0.15, 0.2) is 4.80 Å². The van der Waals surface area contributed by atoms with Gasteiger partial charge in [-0.15, -0.1) is 11.3 Å². The summed E-state index contributed by atoms with van der Waals surface area (Å²) in [4.78, 5) is 32.9. The highest BCUT2D eigenvalue weighted by Crippen LogP contribution is 2.30. The van der Waals surface area contributed by atoms with Gasteiger partial charge in [0.25, 0.3) is 11.5 Å². The molecule has 0 radical (unpaired) electrons. The zero-order chi connectivity index (χ0) is 22.9. The summed E-state index contributed by atoms with van der Waals surface area (Å²) in [6, 6.07) is 18.1. The van der Waals surface area contributed by atoms with Gasteiger partial charge in [-0.3, -0.25) is 14.2 Å². The zero-order valence-corrected chi connectivity index (χ0v) is 19.1. The van der Waals surface area contributed by atoms with E-state index in [0.29, 0.717) is 31.9 Å². The molecule has 0 unspecified atom stereocenters. The number of hydrogen-bond donors (Lipinski definition) is 1. The molecule has 0 saturated carbocycles. The van der Waals surface area contributed by atoms with E-state index in [1.165, 1.54) is 39.4 Å². The van der Waals surface area contributed by atoms with Crippen LogP contribution in [0, 0.1) is 5.82 Å². The number of anilines is 1. The first-order valence-corrected chi connectivity index (χ1v) is 11.9. The number of amides is 1. The third kappa shape index (κ3) is 4.10. The summed E-state index contributed by atoms with van der Waals surface area (Å²) in [5.41, 5.74) is 1.89. The van der Waals surface area contributed by atoms with Crippen LogP contribution in [0.25, 0.3) is 6.08 Å². The number of para-hydroxylation sites is 1. The summed E-state index contributed by atoms with van der Waals surface area (Å²) in [5, 5.41) is 4.84. The number of carbonyl (C=O) groups excluding carboxylic acids is 1. The van der Waals surface area contributed by atoms with Crippen LogP contribution in [0.5, 0.6) is 0 Å². The Morgan fingerprint density at radius 1 is 1.09 bits per heavy atom. The largest absolute Gasteiger partial charge is 0.322 e. The second-order valence-electron chi connectivity index (χ2n) is 7.47. The number of nitrogens with one attached hydrogen (secondary N) is 1. The van der Waals surface area contributed by atoms with Crippen LogP contribution in [0.1, 0.15) is 23.4 Å². The van der Waals surface area contributed by atoms with Crippen LogP contribution in [0.4, 0.5) is 10.1 Å². The van der Waals surface area contributed by atoms with Gasteiger partial charge in [-0.25, -0.2) is 9.38 Å². The molecule has 1 aliphatic heterocycles. The lowest BCUT2D eigenvalue weighted by Crippen LogP contribution is -2.40. The summed E-state index contributed by atoms with van der Waals surface area (Å²) < 4.78 is 15.7. The van der Waals surface area contributed by atoms with Crippen LogP contribution in [0.2, 0.25) is 0 Å². The highest BCUT2D eigenvalue weighted by atomic mass is 32.1. The molecule has 4 aromatic rings. The molecular weight excluding hydrogens is 457 g/mol. The SMILES string of the molecule is CC1=C(C(=O)Nc2ccccc2)[C@@H](c2ccc(F)cc2)n2c(s/c(=C/c3cccs3)c2=O)=N1. The summed E-state index contributed by atoms with van der Waals surface area (Å²) in [6.07, 6.45) is 1.83. The fourth-order valence-electron chi connectivity index (χ4n) is 3.79. The van der Waals surface area contributed by atoms with E-state index in [4.69, 9.17) is 0 Å². The monoisotopic (exact) mass is 475 g/mol. The molecule has 2 aromatic carbocycles. The molecule has 8 heteroatoms. The molecule has 5 rings (SSSR count). The third-order valence-electron chi connectivity index (χ3n) is 5.30. The normalized spacial score (nSPS) is 15.8. The highest BCUT2D eigenvalue weighted by molar-refractivity contribution is 7.11. The van der Waals surface area contributed by atoms with Gasteiger partial charge in [0.2, 0.25) is 0 Å². The Labute approximate surface area is 196 Å². The molecule has 1 N–H and O–H groups in total. The Morgan fingerprint density at radius 2 is 1.85 bits per heavy atom. The molecule has 164 valence electrons. The maximum absolute atomic E-state index is 13.7. The number of fused-ring (bicyclic) bond motifs is 1. The average Bonchev–Trinajstić information content (AvgIpc) is 3.42. The molecule has 5 nitrogen and oxygen atoms in total. The number of thiazole rings is 1. The molecule has 0 spiro atoms. The molecule has 33 heavy (non-hydrogen) atoms. The number of halogens is 1. The van der Waals surface area contributed by atoms with E-state index in [-0.39, 0.29) is 17.3 Å². The average molecular weight is 476 g/mol. The standard InChI is InChI=1S/C25H18FN3O2S2/c1-15-21(23(30)28-18-6-3-2-4-7-18)22(16-9-11-17(26)12-10-16)29-24(31)20(33-25(29)27-15)14-19-8-5-13-32-19/h2-14,22H,1H3,(H,28,30)/b20-14+/t22-/m1/s1. The minimum absolute atomic E-state index is 0.237. The number of hydrogen-bond acceptors (Lipinski definition) is 5. The number of thiophene rings is 1. The minimum Gasteiger partial charge on any atom is -0.322 e. The molecule has 0 aliphatic carbocycles. The Morgan fingerprint density at radius 3 is 2.55 bits per heavy atom. The van der Waals surface area contributed by atoms with E-state index >= 15 is 0 Å². The number of rotatable bonds is 4. The van der Waals surface area contributed by atoms with Gasteiger partial charge in [0.05, 0.1) is 21.8 Å². The molecule has 0 fully saturated rings. The van der Waals surface area contributed by atoms with Gasteiger partial charge >= 0.3 is 0 Å². The van der Waals surface area contributed by atoms with Crippen molar-refractivity contribution in [3.8, 4) is 0 Å². The first-order chi connectivity index (χ1) is 16.0. The quantitative estimate of drug-likeness (QED) is 0.484. The Bertz CT molecular complexity index is 1530. The van der Waals surface area contributed by atoms with Crippen LogP contribution < -0.4 is 20.2 Å². The first kappa shape index (κ1) is 21.2. The van der Waals surface area contributed by atoms with Crippen molar-refractivity contribution in [2.45, 2.75) is 13.0 Å². The number of carbonyl (C=O) groups is 1. The second-order valence-corrected chi connectivity index (χ2v) is 9.46. The van der Waals surface area contributed by atoms with Crippen LogP contribution in [0.3, 0.4) is 0 Å². The maximum Gasteiger partial charge on any atom is 0.271 e. The fraction of sp³-hybridized carbons (Fsp3) is 0.0800. The van der Waals surface area contributed by atoms with Crippen LogP contribution in [-0.2, 0) is 4.79 Å². The van der Waals surface area contributed by atoms with Crippen molar-refractivity contribution in [1.29, 1.82) is 0 Å². The lowest BCUT2D eigenvalue weighted by Gasteiger charge is -2.25. The van der Waals surface area contributed by atoms with E-state index in [0.717, 1.165) is 4.88 Å². The van der Waals surface area contributed by atoms with Crippen LogP contribution in [-0.4, -0.2) is 10.5 Å². The topological polar surface area (TPSA) is 63.5 Å². The third-order valence-corrected chi connectivity index (χ3v) is 7.10. The van der Waals surface area contributed by atoms with E-state index in [1.807, 2.05) is 41.8 Å². The lowest BCUT2D eigenvalue weighted by atomic mass is 9.95. The van der Waals surface area contributed by atoms with Crippen molar-refractivity contribution in [2.24, 2.45) is 4.99 Å². The van der Waals surface area contributed by atoms with E-state index in [1.54, 1.807) is 31.2 Å². The van der Waals surface area contributed by atoms with Crippen molar-refractivity contribution in [3.63, 3.8) is 0 Å². The second kappa shape index (κ2) is 8.73. The first-order valence-electron chi connectivity index (χ1n) is 10.2. The molecule has 1 amide bonds. The van der Waals surface area contributed by atoms with Gasteiger partial charge < -0.3 is 5.32 Å². The maximum atomic E-state index is 13.7. The van der Waals surface area contributed by atoms with Crippen molar-refractivity contribution >= 4 is 40.3 Å². The number of benzene rings is 2. The summed E-state index contributed by atoms with van der Waals surface area (Å²) in [6.45, 7) is 1.76. The number of aromatic nitrogens is 1. The molecule has 1 atom stereocenters. The smallest absolute Gasteiger partial charge is 0.271 e. The Balaban J connectivity index is 1.68. The zero-order valence-electron chi connectivity index (χ0n) is 17.5. The summed E-state index contributed by atoms with van der Waals surface area (Å²) in [7, 11) is 0. The molecular formula is C25H18FN3O2S2. The highest BCUT2D eigenvalue weighted by Gasteiger charge is 2.32.